The van der Waals surface area contributed by atoms with Crippen LogP contribution in [0.1, 0.15) is 0 Å². The maximum absolute atomic E-state index is 11.5. The Morgan fingerprint density at radius 1 is 0.245 bits per heavy atom. The summed E-state index contributed by atoms with van der Waals surface area (Å²) in [7, 11) is -6.55. The Balaban J connectivity index is 0.000000197. The zero-order valence-electron chi connectivity index (χ0n) is 25.8. The topological polar surface area (TPSA) is 155 Å². The fraction of sp³-hybridized carbons (Fsp3) is 0. The van der Waals surface area contributed by atoms with E-state index in [9.17, 15) is 14.7 Å². The van der Waals surface area contributed by atoms with Gasteiger partial charge in [0.1, 0.15) is 34.5 Å². The molecular weight excluding hydrogens is 683 g/mol. The molecule has 13 heteroatoms. The molecule has 49 heavy (non-hydrogen) atoms. The minimum Gasteiger partial charge on any atom is -0.765 e. The van der Waals surface area contributed by atoms with Crippen LogP contribution in [-0.2, 0) is 0 Å². The highest BCUT2D eigenvalue weighted by molar-refractivity contribution is 7.40. The lowest BCUT2D eigenvalue weighted by molar-refractivity contribution is -0.190. The van der Waals surface area contributed by atoms with Crippen molar-refractivity contribution in [1.29, 1.82) is 0 Å². The van der Waals surface area contributed by atoms with Gasteiger partial charge in [0.05, 0.1) is 0 Å². The predicted octanol–water partition coefficient (Wildman–Crippen LogP) is 7.71. The number of hydrogen-bond donors (Lipinski definition) is 0. The van der Waals surface area contributed by atoms with Gasteiger partial charge in [0.2, 0.25) is 25.8 Å². The van der Waals surface area contributed by atoms with Gasteiger partial charge in [0.25, 0.3) is 0 Å². The second-order valence-electron chi connectivity index (χ2n) is 9.10. The molecule has 0 fully saturated rings. The molecule has 0 bridgehead atoms. The van der Waals surface area contributed by atoms with Gasteiger partial charge >= 0.3 is 6.15 Å². The van der Waals surface area contributed by atoms with Gasteiger partial charge in [-0.1, -0.05) is 109 Å². The molecule has 0 spiro atoms. The first-order valence-electron chi connectivity index (χ1n) is 14.3. The fourth-order valence-corrected chi connectivity index (χ4v) is 5.34. The van der Waals surface area contributed by atoms with Gasteiger partial charge in [0.15, 0.2) is 0 Å². The zero-order valence-corrected chi connectivity index (χ0v) is 28.5. The van der Waals surface area contributed by atoms with Crippen molar-refractivity contribution in [2.45, 2.75) is 0 Å². The van der Waals surface area contributed by atoms with Crippen LogP contribution in [0.2, 0.25) is 0 Å². The number of rotatable bonds is 12. The maximum Gasteiger partial charge on any atom is 3.00 e. The van der Waals surface area contributed by atoms with E-state index in [1.165, 1.54) is 0 Å². The Kier molecular flexibility index (Phi) is 17.7. The third-order valence-corrected chi connectivity index (χ3v) is 7.70. The van der Waals surface area contributed by atoms with Gasteiger partial charge < -0.3 is 41.8 Å². The van der Waals surface area contributed by atoms with Crippen molar-refractivity contribution in [3.63, 3.8) is 0 Å². The van der Waals surface area contributed by atoms with Crippen LogP contribution in [0.15, 0.2) is 182 Å². The van der Waals surface area contributed by atoms with Gasteiger partial charge in [-0.2, -0.15) is 0 Å². The summed E-state index contributed by atoms with van der Waals surface area (Å²) in [6, 6.07) is 53.5. The third-order valence-electron chi connectivity index (χ3n) is 5.54. The van der Waals surface area contributed by atoms with Crippen LogP contribution < -0.4 is 48.0 Å². The van der Waals surface area contributed by atoms with Crippen molar-refractivity contribution < 1.29 is 41.8 Å². The lowest BCUT2D eigenvalue weighted by Crippen LogP contribution is -2.07. The number of para-hydroxylation sites is 6. The van der Waals surface area contributed by atoms with Crippen molar-refractivity contribution >= 4 is 25.8 Å². The minimum absolute atomic E-state index is 0. The summed E-state index contributed by atoms with van der Waals surface area (Å²) in [5.74, 6) is 3.16. The van der Waals surface area contributed by atoms with E-state index < -0.39 is 25.8 Å². The molecule has 0 atom stereocenters. The molecule has 2 radical (unpaired) electrons. The third kappa shape index (κ3) is 16.1. The molecule has 0 saturated heterocycles. The molecule has 248 valence electrons. The van der Waals surface area contributed by atoms with E-state index >= 15 is 0 Å². The molecule has 0 saturated carbocycles. The van der Waals surface area contributed by atoms with Gasteiger partial charge in [-0.05, 0) is 72.8 Å². The second kappa shape index (κ2) is 22.5. The molecule has 0 heterocycles. The summed E-state index contributed by atoms with van der Waals surface area (Å²) in [4.78, 5) is 34.5. The molecule has 6 rings (SSSR count). The highest BCUT2D eigenvalue weighted by Gasteiger charge is 3.00. The predicted molar refractivity (Wildman–Crippen MR) is 185 cm³/mol. The van der Waals surface area contributed by atoms with Gasteiger partial charge in [-0.3, -0.25) is 0 Å². The number of nitrogens with zero attached hydrogens (tertiary/aromatic N) is 1. The zero-order chi connectivity index (χ0) is 33.7. The SMILES string of the molecule is [N+3].[O-]P(Oc1ccccc1)Oc1ccccc1.[O-]P(Oc1ccccc1)Oc1ccccc1.[O-]P(Oc1ccccc1)Oc1ccccc1. The van der Waals surface area contributed by atoms with Crippen LogP contribution in [0.25, 0.3) is 0 Å². The average Bonchev–Trinajstić information content (AvgIpc) is 3.11. The minimum atomic E-state index is -2.18. The molecular formula is C36H30NO9P3. The van der Waals surface area contributed by atoms with Gasteiger partial charge in [0, 0.05) is 0 Å². The summed E-state index contributed by atoms with van der Waals surface area (Å²) in [5, 5.41) is 0. The Morgan fingerprint density at radius 2 is 0.367 bits per heavy atom. The molecule has 0 aliphatic rings. The Bertz CT molecular complexity index is 1340. The number of benzene rings is 6. The van der Waals surface area contributed by atoms with Crippen LogP contribution in [0, 0.1) is 0 Å². The van der Waals surface area contributed by atoms with E-state index in [0.29, 0.717) is 34.5 Å². The van der Waals surface area contributed by atoms with Gasteiger partial charge in [-0.25, -0.2) is 0 Å². The van der Waals surface area contributed by atoms with Crippen molar-refractivity contribution in [1.82, 2.24) is 6.15 Å². The summed E-state index contributed by atoms with van der Waals surface area (Å²) in [5.41, 5.74) is 0. The van der Waals surface area contributed by atoms with Crippen LogP contribution in [0.5, 0.6) is 34.5 Å². The lowest BCUT2D eigenvalue weighted by atomic mass is 10.3. The summed E-state index contributed by atoms with van der Waals surface area (Å²) in [6.45, 7) is 0. The molecule has 10 nitrogen and oxygen atoms in total. The second-order valence-corrected chi connectivity index (χ2v) is 11.5. The van der Waals surface area contributed by atoms with Crippen molar-refractivity contribution in [3.8, 4) is 34.5 Å². The van der Waals surface area contributed by atoms with Crippen LogP contribution in [-0.4, -0.2) is 0 Å². The Morgan fingerprint density at radius 3 is 0.490 bits per heavy atom. The van der Waals surface area contributed by atoms with Crippen molar-refractivity contribution in [2.24, 2.45) is 0 Å². The molecule has 0 aliphatic carbocycles. The molecule has 6 aromatic carbocycles. The summed E-state index contributed by atoms with van der Waals surface area (Å²) < 4.78 is 30.6. The van der Waals surface area contributed by atoms with Crippen LogP contribution in [0.4, 0.5) is 0 Å². The first-order valence-corrected chi connectivity index (χ1v) is 17.6. The Hall–Kier alpha value is -5.00. The average molecular weight is 714 g/mol. The molecule has 0 N–H and O–H groups in total. The molecule has 0 amide bonds. The maximum atomic E-state index is 11.5. The molecule has 0 unspecified atom stereocenters. The molecule has 0 aromatic heterocycles. The lowest BCUT2D eigenvalue weighted by Gasteiger charge is -2.22. The highest BCUT2D eigenvalue weighted by atomic mass is 31.2. The van der Waals surface area contributed by atoms with E-state index in [2.05, 4.69) is 0 Å². The first-order chi connectivity index (χ1) is 23.5. The van der Waals surface area contributed by atoms with Gasteiger partial charge in [-0.15, -0.1) is 0 Å². The van der Waals surface area contributed by atoms with E-state index in [1.54, 1.807) is 146 Å². The van der Waals surface area contributed by atoms with Crippen LogP contribution >= 0.6 is 25.8 Å². The number of hydrogen-bond acceptors (Lipinski definition) is 9. The van der Waals surface area contributed by atoms with Crippen LogP contribution in [0.3, 0.4) is 0 Å². The van der Waals surface area contributed by atoms with E-state index in [1.807, 2.05) is 36.4 Å². The molecule has 0 aliphatic heterocycles. The van der Waals surface area contributed by atoms with E-state index in [-0.39, 0.29) is 6.15 Å². The van der Waals surface area contributed by atoms with Crippen molar-refractivity contribution in [2.75, 3.05) is 0 Å². The highest BCUT2D eigenvalue weighted by Crippen LogP contribution is 2.34. The quantitative estimate of drug-likeness (QED) is 0.116. The summed E-state index contributed by atoms with van der Waals surface area (Å²) >= 11 is 0. The largest absolute Gasteiger partial charge is 3.00 e. The normalized spacial score (nSPS) is 9.92. The standard InChI is InChI=1S/3C12H10O3P.N/c3*13-16(14-11-7-3-1-4-8-11)15-12-9-5-2-6-10-12;/h3*1-10H;/q3*-1;+3. The first kappa shape index (κ1) is 38.4. The van der Waals surface area contributed by atoms with Crippen molar-refractivity contribution in [3.05, 3.63) is 182 Å². The fourth-order valence-electron chi connectivity index (χ4n) is 3.46. The summed E-state index contributed by atoms with van der Waals surface area (Å²) in [6.07, 6.45) is 0. The molecule has 6 aromatic rings. The smallest absolute Gasteiger partial charge is 0.765 e. The van der Waals surface area contributed by atoms with E-state index in [0.717, 1.165) is 0 Å². The van der Waals surface area contributed by atoms with E-state index in [4.69, 9.17) is 27.1 Å². The monoisotopic (exact) mass is 713 g/mol. The Labute approximate surface area is 289 Å².